The van der Waals surface area contributed by atoms with Gasteiger partial charge in [-0.15, -0.1) is 0 Å². The normalized spacial score (nSPS) is 19.4. The number of carboxylic acids is 1. The Balaban J connectivity index is 2.15. The molecule has 1 aliphatic rings. The molecule has 1 saturated heterocycles. The first kappa shape index (κ1) is 15.0. The predicted molar refractivity (Wildman–Crippen MR) is 76.7 cm³/mol. The molecule has 20 heavy (non-hydrogen) atoms. The van der Waals surface area contributed by atoms with Gasteiger partial charge in [0.2, 0.25) is 0 Å². The fourth-order valence-electron chi connectivity index (χ4n) is 2.56. The molecule has 2 rings (SSSR count). The fourth-order valence-corrected chi connectivity index (χ4v) is 2.56. The Morgan fingerprint density at radius 2 is 2.00 bits per heavy atom. The van der Waals surface area contributed by atoms with Crippen molar-refractivity contribution >= 4 is 5.97 Å². The summed E-state index contributed by atoms with van der Waals surface area (Å²) in [6, 6.07) is 0.218. The monoisotopic (exact) mass is 280 g/mol. The lowest BCUT2D eigenvalue weighted by atomic mass is 10.0. The molecular weight excluding hydrogens is 256 g/mol. The van der Waals surface area contributed by atoms with E-state index in [1.165, 1.54) is 0 Å². The number of hydrogen-bond donors (Lipinski definition) is 1. The summed E-state index contributed by atoms with van der Waals surface area (Å²) in [4.78, 5) is 15.7. The lowest BCUT2D eigenvalue weighted by molar-refractivity contribution is -0.138. The van der Waals surface area contributed by atoms with Gasteiger partial charge in [0.15, 0.2) is 0 Å². The van der Waals surface area contributed by atoms with Crippen molar-refractivity contribution in [2.24, 2.45) is 0 Å². The van der Waals surface area contributed by atoms with Gasteiger partial charge in [0.05, 0.1) is 12.6 Å². The van der Waals surface area contributed by atoms with Crippen LogP contribution in [0.4, 0.5) is 0 Å². The molecule has 1 aliphatic heterocycles. The van der Waals surface area contributed by atoms with Gasteiger partial charge >= 0.3 is 5.97 Å². The molecule has 112 valence electrons. The minimum Gasteiger partial charge on any atom is -0.481 e. The minimum atomic E-state index is -0.758. The first-order valence-electron chi connectivity index (χ1n) is 7.16. The molecule has 0 saturated carbocycles. The van der Waals surface area contributed by atoms with Crippen LogP contribution in [0.25, 0.3) is 0 Å². The summed E-state index contributed by atoms with van der Waals surface area (Å²) in [5.74, 6) is -0.758. The van der Waals surface area contributed by atoms with Crippen molar-refractivity contribution < 1.29 is 9.90 Å². The highest BCUT2D eigenvalue weighted by Gasteiger charge is 2.27. The topological polar surface area (TPSA) is 61.6 Å². The zero-order valence-corrected chi connectivity index (χ0v) is 12.5. The molecule has 6 heteroatoms. The Morgan fingerprint density at radius 3 is 2.50 bits per heavy atom. The van der Waals surface area contributed by atoms with E-state index in [1.807, 2.05) is 17.1 Å². The maximum Gasteiger partial charge on any atom is 0.305 e. The number of aromatic nitrogens is 2. The average Bonchev–Trinajstić information content (AvgIpc) is 2.86. The highest BCUT2D eigenvalue weighted by molar-refractivity contribution is 5.67. The van der Waals surface area contributed by atoms with Crippen LogP contribution < -0.4 is 0 Å². The van der Waals surface area contributed by atoms with Crippen LogP contribution in [0.3, 0.4) is 0 Å². The zero-order chi connectivity index (χ0) is 14.7. The number of carboxylic acid groups (broad SMARTS) is 1. The molecule has 1 N–H and O–H groups in total. The van der Waals surface area contributed by atoms with E-state index in [1.54, 1.807) is 0 Å². The van der Waals surface area contributed by atoms with Crippen LogP contribution in [0.1, 0.15) is 37.9 Å². The molecule has 2 heterocycles. The van der Waals surface area contributed by atoms with E-state index in [0.717, 1.165) is 31.7 Å². The second kappa shape index (κ2) is 6.37. The highest BCUT2D eigenvalue weighted by atomic mass is 16.4. The minimum absolute atomic E-state index is 0.0753. The van der Waals surface area contributed by atoms with E-state index >= 15 is 0 Å². The van der Waals surface area contributed by atoms with Crippen molar-refractivity contribution in [3.8, 4) is 0 Å². The molecule has 1 aromatic rings. The van der Waals surface area contributed by atoms with Crippen LogP contribution in [-0.4, -0.2) is 63.9 Å². The maximum absolute atomic E-state index is 11.2. The van der Waals surface area contributed by atoms with E-state index in [4.69, 9.17) is 0 Å². The van der Waals surface area contributed by atoms with Gasteiger partial charge in [-0.25, -0.2) is 0 Å². The van der Waals surface area contributed by atoms with Gasteiger partial charge < -0.3 is 10.0 Å². The van der Waals surface area contributed by atoms with E-state index in [0.29, 0.717) is 6.04 Å². The second-order valence-electron chi connectivity index (χ2n) is 5.80. The summed E-state index contributed by atoms with van der Waals surface area (Å²) in [6.45, 7) is 7.91. The van der Waals surface area contributed by atoms with Gasteiger partial charge in [-0.05, 0) is 20.9 Å². The molecule has 0 spiro atoms. The largest absolute Gasteiger partial charge is 0.481 e. The first-order valence-corrected chi connectivity index (χ1v) is 7.16. The first-order chi connectivity index (χ1) is 9.47. The number of nitrogens with zero attached hydrogens (tertiary/aromatic N) is 4. The Morgan fingerprint density at radius 1 is 1.35 bits per heavy atom. The summed E-state index contributed by atoms with van der Waals surface area (Å²) in [7, 11) is 2.10. The summed E-state index contributed by atoms with van der Waals surface area (Å²) < 4.78 is 1.89. The van der Waals surface area contributed by atoms with Crippen molar-refractivity contribution in [2.45, 2.75) is 32.4 Å². The van der Waals surface area contributed by atoms with Crippen LogP contribution in [0.15, 0.2) is 12.4 Å². The summed E-state index contributed by atoms with van der Waals surface area (Å²) in [5.41, 5.74) is 1.01. The van der Waals surface area contributed by atoms with E-state index in [9.17, 15) is 9.90 Å². The molecular formula is C14H24N4O2. The molecule has 1 fully saturated rings. The molecule has 0 radical (unpaired) electrons. The standard InChI is InChI=1S/C14H24N4O2/c1-11(2)18-10-12(9-15-18)13(8-14(19)20)17-6-4-16(3)5-7-17/h9-11,13H,4-8H2,1-3H3,(H,19,20). The third kappa shape index (κ3) is 3.58. The Hall–Kier alpha value is -1.40. The molecule has 0 bridgehead atoms. The average molecular weight is 280 g/mol. The number of carbonyl (C=O) groups is 1. The second-order valence-corrected chi connectivity index (χ2v) is 5.80. The lowest BCUT2D eigenvalue weighted by Crippen LogP contribution is -2.46. The summed E-state index contributed by atoms with van der Waals surface area (Å²) in [5, 5.41) is 13.5. The van der Waals surface area contributed by atoms with Gasteiger partial charge in [0.25, 0.3) is 0 Å². The molecule has 1 aromatic heterocycles. The van der Waals surface area contributed by atoms with Crippen LogP contribution >= 0.6 is 0 Å². The van der Waals surface area contributed by atoms with E-state index < -0.39 is 5.97 Å². The number of aliphatic carboxylic acids is 1. The maximum atomic E-state index is 11.2. The Bertz CT molecular complexity index is 450. The molecule has 0 aromatic carbocycles. The summed E-state index contributed by atoms with van der Waals surface area (Å²) in [6.07, 6.45) is 3.93. The summed E-state index contributed by atoms with van der Waals surface area (Å²) >= 11 is 0. The predicted octanol–water partition coefficient (Wildman–Crippen LogP) is 1.23. The van der Waals surface area contributed by atoms with Gasteiger partial charge in [0.1, 0.15) is 0 Å². The Labute approximate surface area is 120 Å². The molecule has 6 nitrogen and oxygen atoms in total. The number of piperazine rings is 1. The van der Waals surface area contributed by atoms with Gasteiger partial charge in [-0.2, -0.15) is 5.10 Å². The zero-order valence-electron chi connectivity index (χ0n) is 12.5. The van der Waals surface area contributed by atoms with Crippen molar-refractivity contribution in [1.29, 1.82) is 0 Å². The molecule has 0 aliphatic carbocycles. The quantitative estimate of drug-likeness (QED) is 0.879. The lowest BCUT2D eigenvalue weighted by Gasteiger charge is -2.37. The third-order valence-electron chi connectivity index (χ3n) is 3.88. The Kier molecular flexibility index (Phi) is 4.77. The van der Waals surface area contributed by atoms with E-state index in [2.05, 4.69) is 35.8 Å². The van der Waals surface area contributed by atoms with Crippen LogP contribution in [-0.2, 0) is 4.79 Å². The smallest absolute Gasteiger partial charge is 0.305 e. The van der Waals surface area contributed by atoms with Crippen molar-refractivity contribution in [3.63, 3.8) is 0 Å². The number of hydrogen-bond acceptors (Lipinski definition) is 4. The van der Waals surface area contributed by atoms with Crippen LogP contribution in [0, 0.1) is 0 Å². The van der Waals surface area contributed by atoms with Gasteiger partial charge in [-0.1, -0.05) is 0 Å². The molecule has 1 unspecified atom stereocenters. The van der Waals surface area contributed by atoms with Crippen molar-refractivity contribution in [3.05, 3.63) is 18.0 Å². The number of likely N-dealkylation sites (N-methyl/N-ethyl adjacent to an activating group) is 1. The third-order valence-corrected chi connectivity index (χ3v) is 3.88. The van der Waals surface area contributed by atoms with E-state index in [-0.39, 0.29) is 12.5 Å². The number of rotatable bonds is 5. The van der Waals surface area contributed by atoms with Crippen molar-refractivity contribution in [1.82, 2.24) is 19.6 Å². The SMILES string of the molecule is CC(C)n1cc(C(CC(=O)O)N2CCN(C)CC2)cn1. The van der Waals surface area contributed by atoms with Gasteiger partial charge in [0, 0.05) is 50.0 Å². The highest BCUT2D eigenvalue weighted by Crippen LogP contribution is 2.25. The van der Waals surface area contributed by atoms with Gasteiger partial charge in [-0.3, -0.25) is 14.4 Å². The fraction of sp³-hybridized carbons (Fsp3) is 0.714. The molecule has 0 amide bonds. The van der Waals surface area contributed by atoms with Crippen LogP contribution in [0.2, 0.25) is 0 Å². The molecule has 1 atom stereocenters. The van der Waals surface area contributed by atoms with Crippen LogP contribution in [0.5, 0.6) is 0 Å². The van der Waals surface area contributed by atoms with Crippen molar-refractivity contribution in [2.75, 3.05) is 33.2 Å².